The minimum Gasteiger partial charge on any atom is -0.382 e. The molecule has 80 valence electrons. The van der Waals surface area contributed by atoms with Crippen LogP contribution in [0.3, 0.4) is 0 Å². The van der Waals surface area contributed by atoms with Gasteiger partial charge in [-0.2, -0.15) is 0 Å². The molecule has 0 spiro atoms. The Morgan fingerprint density at radius 2 is 2.40 bits per heavy atom. The first kappa shape index (κ1) is 9.96. The van der Waals surface area contributed by atoms with E-state index in [1.807, 2.05) is 13.0 Å². The molecule has 0 aliphatic heterocycles. The molecule has 0 radical (unpaired) electrons. The van der Waals surface area contributed by atoms with E-state index in [1.165, 1.54) is 12.8 Å². The summed E-state index contributed by atoms with van der Waals surface area (Å²) in [5.41, 5.74) is 1.45. The topological polar surface area (TPSA) is 54.0 Å². The van der Waals surface area contributed by atoms with Crippen molar-refractivity contribution >= 4 is 11.6 Å². The Kier molecular flexibility index (Phi) is 2.85. The van der Waals surface area contributed by atoms with Crippen LogP contribution in [0.2, 0.25) is 0 Å². The van der Waals surface area contributed by atoms with E-state index >= 15 is 0 Å². The molecule has 1 saturated carbocycles. The average molecular weight is 205 g/mol. The molecule has 0 bridgehead atoms. The van der Waals surface area contributed by atoms with Gasteiger partial charge in [-0.25, -0.2) is 0 Å². The first-order valence-electron chi connectivity index (χ1n) is 5.30. The largest absolute Gasteiger partial charge is 0.382 e. The molecule has 0 saturated heterocycles. The summed E-state index contributed by atoms with van der Waals surface area (Å²) >= 11 is 0. The molecular weight excluding hydrogens is 190 g/mol. The van der Waals surface area contributed by atoms with E-state index in [0.717, 1.165) is 5.69 Å². The van der Waals surface area contributed by atoms with Gasteiger partial charge in [0.1, 0.15) is 5.69 Å². The van der Waals surface area contributed by atoms with Crippen molar-refractivity contribution in [1.82, 2.24) is 10.3 Å². The minimum atomic E-state index is -0.114. The lowest BCUT2D eigenvalue weighted by molar-refractivity contribution is 0.0951. The standard InChI is InChI=1S/C11H15N3O/c1-2-12-11(15)10-7-9(5-6-13-10)14-8-3-4-8/h5-8H,2-4H2,1H3,(H,12,15)(H,13,14). The van der Waals surface area contributed by atoms with Crippen molar-refractivity contribution < 1.29 is 4.79 Å². The van der Waals surface area contributed by atoms with E-state index in [0.29, 0.717) is 18.3 Å². The maximum absolute atomic E-state index is 11.5. The van der Waals surface area contributed by atoms with Gasteiger partial charge in [-0.15, -0.1) is 0 Å². The molecule has 1 aromatic heterocycles. The fraction of sp³-hybridized carbons (Fsp3) is 0.455. The van der Waals surface area contributed by atoms with Crippen LogP contribution in [-0.4, -0.2) is 23.5 Å². The second-order valence-electron chi connectivity index (χ2n) is 3.71. The molecule has 4 nitrogen and oxygen atoms in total. The highest BCUT2D eigenvalue weighted by Crippen LogP contribution is 2.24. The summed E-state index contributed by atoms with van der Waals surface area (Å²) in [4.78, 5) is 15.5. The van der Waals surface area contributed by atoms with Crippen molar-refractivity contribution in [1.29, 1.82) is 0 Å². The highest BCUT2D eigenvalue weighted by Gasteiger charge is 2.21. The van der Waals surface area contributed by atoms with Crippen molar-refractivity contribution in [2.24, 2.45) is 0 Å². The van der Waals surface area contributed by atoms with Gasteiger partial charge in [-0.05, 0) is 31.9 Å². The molecule has 1 heterocycles. The fourth-order valence-corrected chi connectivity index (χ4v) is 1.36. The number of amides is 1. The number of aromatic nitrogens is 1. The number of carbonyl (C=O) groups is 1. The fourth-order valence-electron chi connectivity index (χ4n) is 1.36. The predicted molar refractivity (Wildman–Crippen MR) is 58.9 cm³/mol. The smallest absolute Gasteiger partial charge is 0.269 e. The highest BCUT2D eigenvalue weighted by molar-refractivity contribution is 5.93. The van der Waals surface area contributed by atoms with Crippen LogP contribution in [0.25, 0.3) is 0 Å². The Hall–Kier alpha value is -1.58. The zero-order chi connectivity index (χ0) is 10.7. The number of hydrogen-bond acceptors (Lipinski definition) is 3. The molecule has 1 aliphatic rings. The molecule has 0 atom stereocenters. The summed E-state index contributed by atoms with van der Waals surface area (Å²) < 4.78 is 0. The van der Waals surface area contributed by atoms with Crippen LogP contribution in [0.15, 0.2) is 18.3 Å². The van der Waals surface area contributed by atoms with Gasteiger partial charge in [0.05, 0.1) is 0 Å². The van der Waals surface area contributed by atoms with E-state index in [4.69, 9.17) is 0 Å². The number of hydrogen-bond donors (Lipinski definition) is 2. The van der Waals surface area contributed by atoms with E-state index in [9.17, 15) is 4.79 Å². The van der Waals surface area contributed by atoms with Crippen LogP contribution in [0, 0.1) is 0 Å². The summed E-state index contributed by atoms with van der Waals surface area (Å²) in [6, 6.07) is 4.28. The molecule has 2 rings (SSSR count). The van der Waals surface area contributed by atoms with Gasteiger partial charge in [0.25, 0.3) is 5.91 Å². The molecule has 15 heavy (non-hydrogen) atoms. The van der Waals surface area contributed by atoms with Crippen LogP contribution in [0.5, 0.6) is 0 Å². The van der Waals surface area contributed by atoms with Gasteiger partial charge in [-0.3, -0.25) is 9.78 Å². The minimum absolute atomic E-state index is 0.114. The second kappa shape index (κ2) is 4.29. The maximum atomic E-state index is 11.5. The SMILES string of the molecule is CCNC(=O)c1cc(NC2CC2)ccn1. The second-order valence-corrected chi connectivity index (χ2v) is 3.71. The van der Waals surface area contributed by atoms with Gasteiger partial charge in [0.15, 0.2) is 0 Å². The monoisotopic (exact) mass is 205 g/mol. The van der Waals surface area contributed by atoms with Crippen LogP contribution in [0.4, 0.5) is 5.69 Å². The van der Waals surface area contributed by atoms with E-state index < -0.39 is 0 Å². The maximum Gasteiger partial charge on any atom is 0.269 e. The molecule has 1 amide bonds. The molecular formula is C11H15N3O. The third kappa shape index (κ3) is 2.68. The predicted octanol–water partition coefficient (Wildman–Crippen LogP) is 1.41. The van der Waals surface area contributed by atoms with Gasteiger partial charge in [-0.1, -0.05) is 0 Å². The van der Waals surface area contributed by atoms with Crippen molar-refractivity contribution in [3.63, 3.8) is 0 Å². The lowest BCUT2D eigenvalue weighted by Gasteiger charge is -2.06. The number of anilines is 1. The number of pyridine rings is 1. The van der Waals surface area contributed by atoms with E-state index in [2.05, 4.69) is 15.6 Å². The Bertz CT molecular complexity index is 361. The van der Waals surface area contributed by atoms with Crippen LogP contribution in [0.1, 0.15) is 30.3 Å². The van der Waals surface area contributed by atoms with Crippen molar-refractivity contribution in [3.8, 4) is 0 Å². The molecule has 1 fully saturated rings. The Labute approximate surface area is 89.1 Å². The number of nitrogens with one attached hydrogen (secondary N) is 2. The Morgan fingerprint density at radius 1 is 1.60 bits per heavy atom. The first-order valence-corrected chi connectivity index (χ1v) is 5.30. The van der Waals surface area contributed by atoms with Gasteiger partial charge < -0.3 is 10.6 Å². The van der Waals surface area contributed by atoms with Gasteiger partial charge >= 0.3 is 0 Å². The van der Waals surface area contributed by atoms with Crippen LogP contribution >= 0.6 is 0 Å². The summed E-state index contributed by atoms with van der Waals surface area (Å²) in [6.07, 6.45) is 4.10. The molecule has 2 N–H and O–H groups in total. The summed E-state index contributed by atoms with van der Waals surface area (Å²) in [5.74, 6) is -0.114. The molecule has 1 aliphatic carbocycles. The van der Waals surface area contributed by atoms with Gasteiger partial charge in [0.2, 0.25) is 0 Å². The third-order valence-corrected chi connectivity index (χ3v) is 2.28. The van der Waals surface area contributed by atoms with Crippen LogP contribution in [-0.2, 0) is 0 Å². The summed E-state index contributed by atoms with van der Waals surface area (Å²) in [5, 5.41) is 6.06. The van der Waals surface area contributed by atoms with Crippen LogP contribution < -0.4 is 10.6 Å². The number of rotatable bonds is 4. The van der Waals surface area contributed by atoms with Crippen molar-refractivity contribution in [3.05, 3.63) is 24.0 Å². The Morgan fingerprint density at radius 3 is 3.07 bits per heavy atom. The normalized spacial score (nSPS) is 14.7. The average Bonchev–Trinajstić information content (AvgIpc) is 3.03. The van der Waals surface area contributed by atoms with Crippen molar-refractivity contribution in [2.45, 2.75) is 25.8 Å². The molecule has 0 unspecified atom stereocenters. The first-order chi connectivity index (χ1) is 7.29. The third-order valence-electron chi connectivity index (χ3n) is 2.28. The number of nitrogens with zero attached hydrogens (tertiary/aromatic N) is 1. The number of carbonyl (C=O) groups excluding carboxylic acids is 1. The molecule has 4 heteroatoms. The van der Waals surface area contributed by atoms with Gasteiger partial charge in [0, 0.05) is 24.5 Å². The summed E-state index contributed by atoms with van der Waals surface area (Å²) in [7, 11) is 0. The lowest BCUT2D eigenvalue weighted by Crippen LogP contribution is -2.23. The highest BCUT2D eigenvalue weighted by atomic mass is 16.1. The summed E-state index contributed by atoms with van der Waals surface area (Å²) in [6.45, 7) is 2.52. The lowest BCUT2D eigenvalue weighted by atomic mass is 10.3. The quantitative estimate of drug-likeness (QED) is 0.781. The van der Waals surface area contributed by atoms with Crippen molar-refractivity contribution in [2.75, 3.05) is 11.9 Å². The van der Waals surface area contributed by atoms with E-state index in [1.54, 1.807) is 12.3 Å². The Balaban J connectivity index is 2.06. The zero-order valence-electron chi connectivity index (χ0n) is 8.79. The zero-order valence-corrected chi connectivity index (χ0v) is 8.79. The molecule has 1 aromatic rings. The molecule has 0 aromatic carbocycles. The van der Waals surface area contributed by atoms with E-state index in [-0.39, 0.29) is 5.91 Å².